The Morgan fingerprint density at radius 2 is 1.89 bits per heavy atom. The van der Waals surface area contributed by atoms with Crippen molar-refractivity contribution in [3.63, 3.8) is 0 Å². The molecule has 0 N–H and O–H groups in total. The molecule has 0 heterocycles. The monoisotopic (exact) mass is 267 g/mol. The zero-order valence-electron chi connectivity index (χ0n) is 11.5. The van der Waals surface area contributed by atoms with E-state index in [-0.39, 0.29) is 4.75 Å². The molecule has 0 aliphatic heterocycles. The summed E-state index contributed by atoms with van der Waals surface area (Å²) in [4.78, 5) is 0. The van der Waals surface area contributed by atoms with E-state index in [4.69, 9.17) is 4.74 Å². The minimum Gasteiger partial charge on any atom is -0.494 e. The van der Waals surface area contributed by atoms with E-state index in [1.54, 1.807) is 6.21 Å². The van der Waals surface area contributed by atoms with Crippen LogP contribution in [0.4, 0.5) is 0 Å². The molecule has 0 spiro atoms. The number of ether oxygens (including phenoxy) is 1. The number of rotatable bonds is 5. The molecule has 0 aliphatic rings. The van der Waals surface area contributed by atoms with Gasteiger partial charge in [-0.3, -0.25) is 0 Å². The average molecular weight is 267 g/mol. The maximum absolute atomic E-state index is 11.7. The average Bonchev–Trinajstić information content (AvgIpc) is 2.33. The third kappa shape index (κ3) is 5.00. The smallest absolute Gasteiger partial charge is 0.144 e. The van der Waals surface area contributed by atoms with Crippen molar-refractivity contribution in [3.05, 3.63) is 29.8 Å². The van der Waals surface area contributed by atoms with Gasteiger partial charge in [-0.2, -0.15) is 4.40 Å². The molecule has 1 aromatic carbocycles. The second-order valence-corrected chi connectivity index (χ2v) is 6.95. The summed E-state index contributed by atoms with van der Waals surface area (Å²) in [5.74, 6) is 0.853. The van der Waals surface area contributed by atoms with Crippen LogP contribution < -0.4 is 4.74 Å². The van der Waals surface area contributed by atoms with Crippen LogP contribution in [-0.2, 0) is 11.0 Å². The molecule has 1 aromatic rings. The van der Waals surface area contributed by atoms with E-state index < -0.39 is 11.0 Å². The van der Waals surface area contributed by atoms with Crippen LogP contribution in [0, 0.1) is 0 Å². The molecule has 1 atom stereocenters. The second-order valence-electron chi connectivity index (χ2n) is 5.01. The normalized spacial score (nSPS) is 13.8. The standard InChI is InChI=1S/C14H21NO2S/c1-5-10-17-13-8-6-12(7-9-13)11-15-18(16)14(2,3)4/h6-9,11H,5,10H2,1-4H3/b15-11+. The van der Waals surface area contributed by atoms with Crippen molar-refractivity contribution in [2.45, 2.75) is 38.9 Å². The summed E-state index contributed by atoms with van der Waals surface area (Å²) < 4.78 is 21.0. The summed E-state index contributed by atoms with van der Waals surface area (Å²) in [5.41, 5.74) is 0.927. The van der Waals surface area contributed by atoms with Crippen LogP contribution in [0.2, 0.25) is 0 Å². The highest BCUT2D eigenvalue weighted by atomic mass is 32.2. The van der Waals surface area contributed by atoms with Crippen LogP contribution in [-0.4, -0.2) is 21.8 Å². The van der Waals surface area contributed by atoms with Crippen molar-refractivity contribution in [2.24, 2.45) is 4.40 Å². The van der Waals surface area contributed by atoms with Gasteiger partial charge in [0, 0.05) is 6.21 Å². The minimum atomic E-state index is -1.21. The molecule has 100 valence electrons. The van der Waals surface area contributed by atoms with Gasteiger partial charge in [-0.25, -0.2) is 4.21 Å². The topological polar surface area (TPSA) is 38.7 Å². The quantitative estimate of drug-likeness (QED) is 0.767. The maximum Gasteiger partial charge on any atom is 0.144 e. The van der Waals surface area contributed by atoms with Crippen molar-refractivity contribution in [1.82, 2.24) is 0 Å². The molecule has 0 aromatic heterocycles. The Bertz CT molecular complexity index is 418. The van der Waals surface area contributed by atoms with Crippen LogP contribution in [0.15, 0.2) is 28.7 Å². The highest BCUT2D eigenvalue weighted by Crippen LogP contribution is 2.14. The first-order valence-corrected chi connectivity index (χ1v) is 7.23. The van der Waals surface area contributed by atoms with Crippen LogP contribution >= 0.6 is 0 Å². The minimum absolute atomic E-state index is 0.319. The summed E-state index contributed by atoms with van der Waals surface area (Å²) >= 11 is 0. The number of hydrogen-bond acceptors (Lipinski definition) is 2. The second kappa shape index (κ2) is 6.69. The third-order valence-corrected chi connectivity index (χ3v) is 3.52. The van der Waals surface area contributed by atoms with E-state index in [1.165, 1.54) is 0 Å². The molecule has 3 nitrogen and oxygen atoms in total. The highest BCUT2D eigenvalue weighted by molar-refractivity contribution is 7.85. The summed E-state index contributed by atoms with van der Waals surface area (Å²) in [6, 6.07) is 7.62. The molecule has 0 bridgehead atoms. The zero-order valence-corrected chi connectivity index (χ0v) is 12.3. The van der Waals surface area contributed by atoms with Crippen molar-refractivity contribution in [1.29, 1.82) is 0 Å². The number of hydrogen-bond donors (Lipinski definition) is 0. The van der Waals surface area contributed by atoms with Gasteiger partial charge in [-0.1, -0.05) is 6.92 Å². The van der Waals surface area contributed by atoms with Crippen molar-refractivity contribution >= 4 is 17.2 Å². The lowest BCUT2D eigenvalue weighted by molar-refractivity contribution is 0.317. The van der Waals surface area contributed by atoms with Crippen LogP contribution in [0.1, 0.15) is 39.7 Å². The molecule has 4 heteroatoms. The van der Waals surface area contributed by atoms with Gasteiger partial charge in [0.05, 0.1) is 11.4 Å². The molecule has 0 aliphatic carbocycles. The molecule has 0 saturated heterocycles. The van der Waals surface area contributed by atoms with E-state index >= 15 is 0 Å². The summed E-state index contributed by atoms with van der Waals surface area (Å²) in [5, 5.41) is 0. The summed E-state index contributed by atoms with van der Waals surface area (Å²) in [7, 11) is -1.21. The Labute approximate surface area is 112 Å². The first kappa shape index (κ1) is 14.9. The molecule has 0 fully saturated rings. The molecular weight excluding hydrogens is 246 g/mol. The molecule has 0 amide bonds. The van der Waals surface area contributed by atoms with Gasteiger partial charge in [0.1, 0.15) is 16.7 Å². The zero-order chi connectivity index (χ0) is 13.6. The molecule has 18 heavy (non-hydrogen) atoms. The van der Waals surface area contributed by atoms with Gasteiger partial charge in [-0.15, -0.1) is 0 Å². The first-order valence-electron chi connectivity index (χ1n) is 6.12. The lowest BCUT2D eigenvalue weighted by atomic mass is 10.2. The Morgan fingerprint density at radius 1 is 1.28 bits per heavy atom. The van der Waals surface area contributed by atoms with Gasteiger partial charge < -0.3 is 4.74 Å². The Morgan fingerprint density at radius 3 is 2.39 bits per heavy atom. The van der Waals surface area contributed by atoms with Crippen LogP contribution in [0.5, 0.6) is 5.75 Å². The highest BCUT2D eigenvalue weighted by Gasteiger charge is 2.17. The van der Waals surface area contributed by atoms with Gasteiger partial charge in [0.25, 0.3) is 0 Å². The van der Waals surface area contributed by atoms with E-state index in [0.717, 1.165) is 24.3 Å². The molecule has 0 radical (unpaired) electrons. The van der Waals surface area contributed by atoms with Gasteiger partial charge >= 0.3 is 0 Å². The fraction of sp³-hybridized carbons (Fsp3) is 0.500. The predicted octanol–water partition coefficient (Wildman–Crippen LogP) is 3.36. The molecular formula is C14H21NO2S. The van der Waals surface area contributed by atoms with E-state index in [1.807, 2.05) is 45.0 Å². The van der Waals surface area contributed by atoms with E-state index in [9.17, 15) is 4.21 Å². The number of nitrogens with zero attached hydrogens (tertiary/aromatic N) is 1. The van der Waals surface area contributed by atoms with Crippen LogP contribution in [0.25, 0.3) is 0 Å². The van der Waals surface area contributed by atoms with Crippen molar-refractivity contribution < 1.29 is 8.95 Å². The van der Waals surface area contributed by atoms with Gasteiger partial charge in [-0.05, 0) is 57.0 Å². The fourth-order valence-electron chi connectivity index (χ4n) is 1.14. The largest absolute Gasteiger partial charge is 0.494 e. The summed E-state index contributed by atoms with van der Waals surface area (Å²) in [6.07, 6.45) is 2.64. The lowest BCUT2D eigenvalue weighted by Gasteiger charge is -2.12. The van der Waals surface area contributed by atoms with Crippen molar-refractivity contribution in [3.8, 4) is 5.75 Å². The van der Waals surface area contributed by atoms with Gasteiger partial charge in [0.2, 0.25) is 0 Å². The van der Waals surface area contributed by atoms with Gasteiger partial charge in [0.15, 0.2) is 0 Å². The predicted molar refractivity (Wildman–Crippen MR) is 77.7 cm³/mol. The van der Waals surface area contributed by atoms with E-state index in [2.05, 4.69) is 11.3 Å². The third-order valence-electron chi connectivity index (χ3n) is 2.17. The first-order chi connectivity index (χ1) is 8.43. The molecule has 0 saturated carbocycles. The molecule has 1 unspecified atom stereocenters. The Kier molecular flexibility index (Phi) is 5.54. The number of benzene rings is 1. The Hall–Kier alpha value is -1.16. The Balaban J connectivity index is 2.64. The lowest BCUT2D eigenvalue weighted by Crippen LogP contribution is -2.19. The molecule has 1 rings (SSSR count). The van der Waals surface area contributed by atoms with Crippen LogP contribution in [0.3, 0.4) is 0 Å². The maximum atomic E-state index is 11.7. The van der Waals surface area contributed by atoms with E-state index in [0.29, 0.717) is 0 Å². The summed E-state index contributed by atoms with van der Waals surface area (Å²) in [6.45, 7) is 8.51. The van der Waals surface area contributed by atoms with Crippen molar-refractivity contribution in [2.75, 3.05) is 6.61 Å². The SMILES string of the molecule is CCCOc1ccc(/C=N/S(=O)C(C)(C)C)cc1. The fourth-order valence-corrected chi connectivity index (χ4v) is 1.67.